The van der Waals surface area contributed by atoms with Crippen LogP contribution in [0.25, 0.3) is 0 Å². The van der Waals surface area contributed by atoms with Crippen LogP contribution in [0.4, 0.5) is 0 Å². The first-order valence-corrected chi connectivity index (χ1v) is 13.8. The molecule has 2 N–H and O–H groups in total. The number of fused-ring (bicyclic) bond motifs is 5. The van der Waals surface area contributed by atoms with E-state index in [1.54, 1.807) is 0 Å². The summed E-state index contributed by atoms with van der Waals surface area (Å²) >= 11 is 0. The predicted molar refractivity (Wildman–Crippen MR) is 136 cm³/mol. The Balaban J connectivity index is 1.60. The minimum atomic E-state index is -1.04. The van der Waals surface area contributed by atoms with Gasteiger partial charge in [-0.1, -0.05) is 65.8 Å². The highest BCUT2D eigenvalue weighted by atomic mass is 16.5. The Labute approximate surface area is 207 Å². The largest absolute Gasteiger partial charge is 0.462 e. The van der Waals surface area contributed by atoms with E-state index in [9.17, 15) is 15.0 Å². The number of carbonyl (C=O) groups excluding carboxylic acids is 1. The van der Waals surface area contributed by atoms with Crippen molar-refractivity contribution in [3.63, 3.8) is 0 Å². The fraction of sp³-hybridized carbons (Fsp3) is 0.833. The summed E-state index contributed by atoms with van der Waals surface area (Å²) in [5.74, 6) is 2.24. The molecule has 4 heteroatoms. The molecule has 0 spiro atoms. The monoisotopic (exact) mass is 472 g/mol. The lowest BCUT2D eigenvalue weighted by molar-refractivity contribution is -0.223. The van der Waals surface area contributed by atoms with E-state index in [1.807, 2.05) is 12.2 Å². The number of carbonyl (C=O) groups is 1. The van der Waals surface area contributed by atoms with Gasteiger partial charge in [0.2, 0.25) is 0 Å². The van der Waals surface area contributed by atoms with Gasteiger partial charge in [-0.2, -0.15) is 0 Å². The molecule has 0 amide bonds. The maximum absolute atomic E-state index is 12.3. The fourth-order valence-electron chi connectivity index (χ4n) is 8.64. The van der Waals surface area contributed by atoms with Gasteiger partial charge in [-0.15, -0.1) is 0 Å². The van der Waals surface area contributed by atoms with Crippen LogP contribution in [0.1, 0.15) is 93.4 Å². The fourth-order valence-corrected chi connectivity index (χ4v) is 8.64. The standard InChI is InChI=1S/C30H48O4/c1-19(2)20(3)8-9-21(4)24-10-11-25-27(24,6)14-13-26-28(7)15-12-23(34-22(5)31)18-29(28,32)16-17-30(25,26)33/h8-9,16-17,19-21,23-26,32-33H,10-15,18H2,1-7H3/b9-8+/t20-,21+,23+,24-,25+,26-,27+,28+,29+,30-/m0/s1. The van der Waals surface area contributed by atoms with Crippen molar-refractivity contribution in [2.45, 2.75) is 111 Å². The van der Waals surface area contributed by atoms with Gasteiger partial charge in [-0.25, -0.2) is 0 Å². The average molecular weight is 473 g/mol. The molecule has 10 atom stereocenters. The molecule has 0 heterocycles. The van der Waals surface area contributed by atoms with Crippen LogP contribution in [0.2, 0.25) is 0 Å². The summed E-state index contributed by atoms with van der Waals surface area (Å²) in [4.78, 5) is 11.5. The summed E-state index contributed by atoms with van der Waals surface area (Å²) in [5, 5.41) is 24.1. The minimum Gasteiger partial charge on any atom is -0.462 e. The van der Waals surface area contributed by atoms with Gasteiger partial charge < -0.3 is 14.9 Å². The highest BCUT2D eigenvalue weighted by Gasteiger charge is 2.68. The normalized spacial score (nSPS) is 47.7. The van der Waals surface area contributed by atoms with Crippen molar-refractivity contribution in [3.05, 3.63) is 24.3 Å². The van der Waals surface area contributed by atoms with E-state index in [2.05, 4.69) is 53.7 Å². The van der Waals surface area contributed by atoms with E-state index in [-0.39, 0.29) is 29.3 Å². The van der Waals surface area contributed by atoms with Gasteiger partial charge in [0.15, 0.2) is 0 Å². The van der Waals surface area contributed by atoms with Gasteiger partial charge in [-0.3, -0.25) is 4.79 Å². The number of ether oxygens (including phenoxy) is 1. The molecule has 0 radical (unpaired) electrons. The quantitative estimate of drug-likeness (QED) is 0.377. The van der Waals surface area contributed by atoms with Gasteiger partial charge in [0.1, 0.15) is 6.10 Å². The molecule has 0 aromatic heterocycles. The van der Waals surface area contributed by atoms with Crippen molar-refractivity contribution < 1.29 is 19.7 Å². The van der Waals surface area contributed by atoms with Crippen LogP contribution in [-0.2, 0) is 9.53 Å². The van der Waals surface area contributed by atoms with Crippen LogP contribution in [0, 0.1) is 46.3 Å². The molecular weight excluding hydrogens is 424 g/mol. The zero-order valence-corrected chi connectivity index (χ0v) is 22.5. The number of aliphatic hydroxyl groups is 2. The van der Waals surface area contributed by atoms with E-state index in [0.29, 0.717) is 30.1 Å². The third-order valence-electron chi connectivity index (χ3n) is 11.1. The lowest BCUT2D eigenvalue weighted by atomic mass is 9.43. The second-order valence-electron chi connectivity index (χ2n) is 13.2. The topological polar surface area (TPSA) is 66.8 Å². The summed E-state index contributed by atoms with van der Waals surface area (Å²) in [6.07, 6.45) is 14.6. The predicted octanol–water partition coefficient (Wildman–Crippen LogP) is 6.07. The molecule has 0 aliphatic heterocycles. The van der Waals surface area contributed by atoms with E-state index in [0.717, 1.165) is 38.5 Å². The highest BCUT2D eigenvalue weighted by molar-refractivity contribution is 5.66. The zero-order valence-electron chi connectivity index (χ0n) is 22.5. The summed E-state index contributed by atoms with van der Waals surface area (Å²) in [7, 11) is 0. The van der Waals surface area contributed by atoms with E-state index >= 15 is 0 Å². The third-order valence-corrected chi connectivity index (χ3v) is 11.1. The van der Waals surface area contributed by atoms with Crippen LogP contribution in [-0.4, -0.2) is 33.5 Å². The lowest BCUT2D eigenvalue weighted by Gasteiger charge is -2.64. The molecule has 0 aromatic carbocycles. The summed E-state index contributed by atoms with van der Waals surface area (Å²) in [5.41, 5.74) is -2.24. The molecule has 0 saturated heterocycles. The smallest absolute Gasteiger partial charge is 0.302 e. The molecule has 0 bridgehead atoms. The van der Waals surface area contributed by atoms with E-state index < -0.39 is 16.6 Å². The first-order valence-electron chi connectivity index (χ1n) is 13.8. The zero-order chi connectivity index (χ0) is 25.1. The first-order chi connectivity index (χ1) is 15.8. The van der Waals surface area contributed by atoms with Crippen molar-refractivity contribution in [1.29, 1.82) is 0 Å². The van der Waals surface area contributed by atoms with Gasteiger partial charge >= 0.3 is 5.97 Å². The molecule has 34 heavy (non-hydrogen) atoms. The van der Waals surface area contributed by atoms with Gasteiger partial charge in [0.25, 0.3) is 0 Å². The van der Waals surface area contributed by atoms with Crippen molar-refractivity contribution in [1.82, 2.24) is 0 Å². The van der Waals surface area contributed by atoms with Crippen molar-refractivity contribution >= 4 is 5.97 Å². The molecule has 3 saturated carbocycles. The lowest BCUT2D eigenvalue weighted by Crippen LogP contribution is -2.67. The molecule has 3 fully saturated rings. The second-order valence-corrected chi connectivity index (χ2v) is 13.2. The van der Waals surface area contributed by atoms with Crippen LogP contribution < -0.4 is 0 Å². The SMILES string of the molecule is CC(=O)O[C@@H]1CC[C@]2(C)[C@@H]3CC[C@]4(C)[C@H]([C@H](C)/C=C/[C@H](C)C(C)C)CC[C@H]4[C@@]3(O)C=C[C@@]2(O)C1. The number of rotatable bonds is 5. The number of hydrogen-bond acceptors (Lipinski definition) is 4. The maximum atomic E-state index is 12.3. The molecule has 4 aliphatic carbocycles. The molecular formula is C30H48O4. The Hall–Kier alpha value is -1.13. The van der Waals surface area contributed by atoms with Crippen LogP contribution in [0.15, 0.2) is 24.3 Å². The molecule has 4 aliphatic rings. The Morgan fingerprint density at radius 3 is 2.32 bits per heavy atom. The Bertz CT molecular complexity index is 847. The molecule has 192 valence electrons. The molecule has 0 unspecified atom stereocenters. The van der Waals surface area contributed by atoms with Gasteiger partial charge in [0.05, 0.1) is 11.2 Å². The summed E-state index contributed by atoms with van der Waals surface area (Å²) in [6, 6.07) is 0. The maximum Gasteiger partial charge on any atom is 0.302 e. The highest BCUT2D eigenvalue weighted by Crippen LogP contribution is 2.69. The van der Waals surface area contributed by atoms with Gasteiger partial charge in [0, 0.05) is 24.7 Å². The minimum absolute atomic E-state index is 0.0249. The average Bonchev–Trinajstić information content (AvgIpc) is 3.11. The van der Waals surface area contributed by atoms with Crippen LogP contribution >= 0.6 is 0 Å². The van der Waals surface area contributed by atoms with E-state index in [4.69, 9.17) is 4.74 Å². The van der Waals surface area contributed by atoms with Crippen LogP contribution in [0.3, 0.4) is 0 Å². The Morgan fingerprint density at radius 1 is 0.971 bits per heavy atom. The Morgan fingerprint density at radius 2 is 1.68 bits per heavy atom. The van der Waals surface area contributed by atoms with Crippen molar-refractivity contribution in [3.8, 4) is 0 Å². The van der Waals surface area contributed by atoms with Gasteiger partial charge in [-0.05, 0) is 73.5 Å². The summed E-state index contributed by atoms with van der Waals surface area (Å²) < 4.78 is 5.49. The number of esters is 1. The van der Waals surface area contributed by atoms with E-state index in [1.165, 1.54) is 6.92 Å². The second kappa shape index (κ2) is 8.76. The Kier molecular flexibility index (Phi) is 6.69. The van der Waals surface area contributed by atoms with Crippen LogP contribution in [0.5, 0.6) is 0 Å². The number of allylic oxidation sites excluding steroid dienone is 2. The molecule has 4 nitrogen and oxygen atoms in total. The first kappa shape index (κ1) is 25.9. The third kappa shape index (κ3) is 3.92. The van der Waals surface area contributed by atoms with Crippen molar-refractivity contribution in [2.75, 3.05) is 0 Å². The molecule has 4 rings (SSSR count). The number of hydrogen-bond donors (Lipinski definition) is 2. The molecule has 0 aromatic rings. The van der Waals surface area contributed by atoms with Crippen molar-refractivity contribution in [2.24, 2.45) is 46.3 Å². The summed E-state index contributed by atoms with van der Waals surface area (Å²) in [6.45, 7) is 15.3.